The van der Waals surface area contributed by atoms with Crippen LogP contribution in [0.5, 0.6) is 0 Å². The smallest absolute Gasteiger partial charge is 0.475 e. The van der Waals surface area contributed by atoms with Gasteiger partial charge in [-0.05, 0) is 66.5 Å². The number of hydrogen-bond donors (Lipinski definition) is 2. The molecule has 0 aromatic carbocycles. The first-order valence-corrected chi connectivity index (χ1v) is 14.7. The molecule has 45 heavy (non-hydrogen) atoms. The lowest BCUT2D eigenvalue weighted by molar-refractivity contribution is -0.193. The molecule has 1 spiro atoms. The fraction of sp³-hybridized carbons (Fsp3) is 0.724. The number of rotatable bonds is 6. The molecule has 4 heterocycles. The Morgan fingerprint density at radius 2 is 1.42 bits per heavy atom. The number of halogens is 6. The summed E-state index contributed by atoms with van der Waals surface area (Å²) in [6.45, 7) is 22.4. The Bertz CT molecular complexity index is 1250. The third kappa shape index (κ3) is 10.4. The van der Waals surface area contributed by atoms with Gasteiger partial charge in [-0.15, -0.1) is 0 Å². The highest BCUT2D eigenvalue weighted by Crippen LogP contribution is 2.43. The monoisotopic (exact) mass is 654 g/mol. The maximum atomic E-state index is 10.6. The van der Waals surface area contributed by atoms with Crippen LogP contribution in [0.25, 0.3) is 0 Å². The second kappa shape index (κ2) is 15.0. The van der Waals surface area contributed by atoms with Gasteiger partial charge in [-0.1, -0.05) is 13.8 Å². The Morgan fingerprint density at radius 1 is 0.911 bits per heavy atom. The van der Waals surface area contributed by atoms with E-state index in [4.69, 9.17) is 24.8 Å². The van der Waals surface area contributed by atoms with Crippen LogP contribution >= 0.6 is 0 Å². The molecular weight excluding hydrogens is 610 g/mol. The second-order valence-electron chi connectivity index (χ2n) is 12.6. The minimum atomic E-state index is -5.08. The molecule has 0 saturated carbocycles. The average molecular weight is 655 g/mol. The van der Waals surface area contributed by atoms with Crippen molar-refractivity contribution in [3.05, 3.63) is 35.2 Å². The van der Waals surface area contributed by atoms with Crippen molar-refractivity contribution >= 4 is 11.9 Å². The zero-order valence-electron chi connectivity index (χ0n) is 26.7. The molecule has 2 N–H and O–H groups in total. The van der Waals surface area contributed by atoms with E-state index in [1.807, 2.05) is 0 Å². The lowest BCUT2D eigenvalue weighted by Crippen LogP contribution is -2.52. The van der Waals surface area contributed by atoms with E-state index in [0.717, 1.165) is 25.6 Å². The quantitative estimate of drug-likeness (QED) is 0.375. The van der Waals surface area contributed by atoms with Crippen molar-refractivity contribution in [3.8, 4) is 0 Å². The third-order valence-electron chi connectivity index (χ3n) is 7.62. The Labute approximate surface area is 259 Å². The highest BCUT2D eigenvalue weighted by molar-refractivity contribution is 5.73. The Hall–Kier alpha value is -3.14. The number of likely N-dealkylation sites (tertiary alicyclic amines) is 1. The predicted octanol–water partition coefficient (Wildman–Crippen LogP) is 5.82. The van der Waals surface area contributed by atoms with Crippen molar-refractivity contribution in [3.63, 3.8) is 0 Å². The van der Waals surface area contributed by atoms with Crippen LogP contribution in [0.1, 0.15) is 89.2 Å². The number of carbonyl (C=O) groups is 2. The van der Waals surface area contributed by atoms with Crippen molar-refractivity contribution < 1.29 is 46.1 Å². The molecule has 2 aromatic heterocycles. The lowest BCUT2D eigenvalue weighted by Gasteiger charge is -2.47. The molecule has 0 radical (unpaired) electrons. The van der Waals surface area contributed by atoms with Gasteiger partial charge in [-0.25, -0.2) is 14.6 Å². The number of aliphatic carboxylic acids is 2. The number of fused-ring (bicyclic) bond motifs is 2. The number of piperidine rings is 1. The number of carboxylic acids is 2. The van der Waals surface area contributed by atoms with E-state index in [1.165, 1.54) is 55.3 Å². The molecule has 2 aliphatic heterocycles. The van der Waals surface area contributed by atoms with Gasteiger partial charge in [-0.2, -0.15) is 31.4 Å². The summed E-state index contributed by atoms with van der Waals surface area (Å²) in [4.78, 5) is 28.3. The fourth-order valence-electron chi connectivity index (χ4n) is 5.81. The summed E-state index contributed by atoms with van der Waals surface area (Å²) in [6, 6.07) is 0.848. The van der Waals surface area contributed by atoms with Crippen LogP contribution in [-0.4, -0.2) is 89.8 Å². The molecule has 2 aliphatic rings. The van der Waals surface area contributed by atoms with Gasteiger partial charge < -0.3 is 19.7 Å². The molecule has 2 aromatic rings. The standard InChI is InChI=1S/C25H42N6.2C2HF3O2/c1-18(2)13-28-10-8-25(9-11-28)17-29(14-22-12-26-30(15-22)19(3)4)16-23-24(25)27-21(7)31(23)20(5)6;2*3-2(4,5)1(6)7/h12,15,18-20H,8-11,13-14,16-17H2,1-7H3;2*(H,6,7). The minimum absolute atomic E-state index is 0.181. The molecule has 0 bridgehead atoms. The maximum absolute atomic E-state index is 10.6. The van der Waals surface area contributed by atoms with Crippen LogP contribution in [0, 0.1) is 12.8 Å². The maximum Gasteiger partial charge on any atom is 0.490 e. The van der Waals surface area contributed by atoms with E-state index in [0.29, 0.717) is 12.1 Å². The van der Waals surface area contributed by atoms with Gasteiger partial charge in [-0.3, -0.25) is 9.58 Å². The van der Waals surface area contributed by atoms with E-state index in [-0.39, 0.29) is 5.41 Å². The summed E-state index contributed by atoms with van der Waals surface area (Å²) in [6.07, 6.45) is -3.46. The van der Waals surface area contributed by atoms with Crippen molar-refractivity contribution in [2.24, 2.45) is 5.92 Å². The van der Waals surface area contributed by atoms with E-state index in [2.05, 4.69) is 85.0 Å². The van der Waals surface area contributed by atoms with Crippen LogP contribution in [0.3, 0.4) is 0 Å². The summed E-state index contributed by atoms with van der Waals surface area (Å²) < 4.78 is 68.0. The van der Waals surface area contributed by atoms with Crippen molar-refractivity contribution in [1.82, 2.24) is 29.1 Å². The predicted molar refractivity (Wildman–Crippen MR) is 154 cm³/mol. The number of alkyl halides is 6. The van der Waals surface area contributed by atoms with Crippen molar-refractivity contribution in [2.45, 2.75) is 104 Å². The molecule has 0 atom stereocenters. The number of aryl methyl sites for hydroxylation is 1. The molecule has 0 aliphatic carbocycles. The van der Waals surface area contributed by atoms with Crippen molar-refractivity contribution in [2.75, 3.05) is 26.2 Å². The normalized spacial score (nSPS) is 17.2. The van der Waals surface area contributed by atoms with E-state index < -0.39 is 24.3 Å². The number of aromatic nitrogens is 4. The topological polar surface area (TPSA) is 117 Å². The van der Waals surface area contributed by atoms with Gasteiger partial charge in [0.25, 0.3) is 0 Å². The number of carboxylic acid groups (broad SMARTS) is 2. The number of nitrogens with zero attached hydrogens (tertiary/aromatic N) is 6. The van der Waals surface area contributed by atoms with E-state index in [9.17, 15) is 26.3 Å². The van der Waals surface area contributed by atoms with E-state index in [1.54, 1.807) is 0 Å². The Balaban J connectivity index is 0.000000421. The SMILES string of the molecule is Cc1nc2c(n1C(C)C)CN(Cc1cnn(C(C)C)c1)CC21CCN(CC(C)C)CC1.O=C(O)C(F)(F)F.O=C(O)C(F)(F)F. The molecule has 1 fully saturated rings. The molecule has 1 saturated heterocycles. The average Bonchev–Trinajstić information content (AvgIpc) is 3.49. The van der Waals surface area contributed by atoms with Gasteiger partial charge in [0.2, 0.25) is 0 Å². The van der Waals surface area contributed by atoms with Gasteiger partial charge in [0.05, 0.1) is 17.6 Å². The highest BCUT2D eigenvalue weighted by atomic mass is 19.4. The molecule has 0 amide bonds. The van der Waals surface area contributed by atoms with Crippen molar-refractivity contribution in [1.29, 1.82) is 0 Å². The first-order valence-electron chi connectivity index (χ1n) is 14.7. The molecule has 256 valence electrons. The van der Waals surface area contributed by atoms with Gasteiger partial charge in [0.1, 0.15) is 5.82 Å². The molecule has 10 nitrogen and oxygen atoms in total. The summed E-state index contributed by atoms with van der Waals surface area (Å²) in [5.41, 5.74) is 4.35. The third-order valence-corrected chi connectivity index (χ3v) is 7.62. The van der Waals surface area contributed by atoms with Gasteiger partial charge >= 0.3 is 24.3 Å². The first-order chi connectivity index (χ1) is 20.6. The second-order valence-corrected chi connectivity index (χ2v) is 12.6. The zero-order valence-corrected chi connectivity index (χ0v) is 26.7. The van der Waals surface area contributed by atoms with Crippen LogP contribution < -0.4 is 0 Å². The molecule has 16 heteroatoms. The zero-order chi connectivity index (χ0) is 34.5. The largest absolute Gasteiger partial charge is 0.490 e. The van der Waals surface area contributed by atoms with E-state index >= 15 is 0 Å². The molecular formula is C29H44F6N6O4. The fourth-order valence-corrected chi connectivity index (χ4v) is 5.81. The Kier molecular flexibility index (Phi) is 12.7. The minimum Gasteiger partial charge on any atom is -0.475 e. The Morgan fingerprint density at radius 3 is 1.82 bits per heavy atom. The van der Waals surface area contributed by atoms with Crippen LogP contribution in [-0.2, 0) is 28.1 Å². The summed E-state index contributed by atoms with van der Waals surface area (Å²) in [5.74, 6) is -3.61. The summed E-state index contributed by atoms with van der Waals surface area (Å²) in [7, 11) is 0. The molecule has 4 rings (SSSR count). The van der Waals surface area contributed by atoms with Crippen LogP contribution in [0.4, 0.5) is 26.3 Å². The summed E-state index contributed by atoms with van der Waals surface area (Å²) in [5, 5.41) is 18.8. The van der Waals surface area contributed by atoms with Gasteiger partial charge in [0.15, 0.2) is 0 Å². The lowest BCUT2D eigenvalue weighted by atomic mass is 9.72. The van der Waals surface area contributed by atoms with Gasteiger partial charge in [0, 0.05) is 55.4 Å². The summed E-state index contributed by atoms with van der Waals surface area (Å²) >= 11 is 0. The van der Waals surface area contributed by atoms with Crippen LogP contribution in [0.15, 0.2) is 12.4 Å². The highest BCUT2D eigenvalue weighted by Gasteiger charge is 2.45. The van der Waals surface area contributed by atoms with Crippen LogP contribution in [0.2, 0.25) is 0 Å². The number of imidazole rings is 1. The molecule has 0 unspecified atom stereocenters. The number of hydrogen-bond acceptors (Lipinski definition) is 6. The first kappa shape index (κ1) is 38.0.